The maximum Gasteiger partial charge on any atom is 0.416 e. The Bertz CT molecular complexity index is 634. The number of isocyanates is 1. The second-order valence-corrected chi connectivity index (χ2v) is 3.65. The Hall–Kier alpha value is -2.91. The lowest BCUT2D eigenvalue weighted by Gasteiger charge is -2.20. The Kier molecular flexibility index (Phi) is 3.71. The highest BCUT2D eigenvalue weighted by Crippen LogP contribution is 2.33. The number of para-hydroxylation sites is 3. The Balaban J connectivity index is 2.58. The van der Waals surface area contributed by atoms with Crippen LogP contribution in [-0.4, -0.2) is 17.3 Å². The van der Waals surface area contributed by atoms with Crippen LogP contribution in [0.15, 0.2) is 59.6 Å². The summed E-state index contributed by atoms with van der Waals surface area (Å²) < 4.78 is 0. The number of carbonyl (C=O) groups excluding carboxylic acids is 1. The number of rotatable bonds is 3. The van der Waals surface area contributed by atoms with Crippen LogP contribution in [0.25, 0.3) is 0 Å². The first-order chi connectivity index (χ1) is 9.24. The van der Waals surface area contributed by atoms with Gasteiger partial charge < -0.3 is 5.11 Å². The van der Waals surface area contributed by atoms with E-state index in [0.29, 0.717) is 11.4 Å². The summed E-state index contributed by atoms with van der Waals surface area (Å²) in [7, 11) is 0. The third-order valence-corrected chi connectivity index (χ3v) is 2.49. The topological polar surface area (TPSA) is 70.0 Å². The average Bonchev–Trinajstić information content (AvgIpc) is 2.42. The monoisotopic (exact) mass is 254 g/mol. The first-order valence-corrected chi connectivity index (χ1v) is 5.49. The van der Waals surface area contributed by atoms with Gasteiger partial charge >= 0.3 is 6.09 Å². The predicted molar refractivity (Wildman–Crippen MR) is 70.8 cm³/mol. The lowest BCUT2D eigenvalue weighted by molar-refractivity contribution is 0.205. The number of amides is 1. The van der Waals surface area contributed by atoms with Gasteiger partial charge in [-0.15, -0.1) is 0 Å². The normalized spacial score (nSPS) is 9.47. The summed E-state index contributed by atoms with van der Waals surface area (Å²) in [5.74, 6) is 0. The molecule has 1 amide bonds. The van der Waals surface area contributed by atoms with Crippen molar-refractivity contribution in [3.05, 3.63) is 54.6 Å². The van der Waals surface area contributed by atoms with Gasteiger partial charge in [0.2, 0.25) is 6.08 Å². The smallest absolute Gasteiger partial charge is 0.416 e. The number of hydrogen-bond donors (Lipinski definition) is 1. The molecule has 94 valence electrons. The van der Waals surface area contributed by atoms with Gasteiger partial charge in [0.1, 0.15) is 5.69 Å². The Morgan fingerprint density at radius 3 is 2.32 bits per heavy atom. The number of aliphatic imine (C=N–C) groups is 1. The quantitative estimate of drug-likeness (QED) is 0.673. The molecular weight excluding hydrogens is 244 g/mol. The van der Waals surface area contributed by atoms with E-state index in [4.69, 9.17) is 0 Å². The highest BCUT2D eigenvalue weighted by atomic mass is 16.4. The van der Waals surface area contributed by atoms with Gasteiger partial charge in [0.25, 0.3) is 0 Å². The summed E-state index contributed by atoms with van der Waals surface area (Å²) in [6.45, 7) is 0. The van der Waals surface area contributed by atoms with E-state index in [9.17, 15) is 14.7 Å². The summed E-state index contributed by atoms with van der Waals surface area (Å²) in [5.41, 5.74) is 1.04. The van der Waals surface area contributed by atoms with Crippen LogP contribution in [-0.2, 0) is 4.79 Å². The maximum atomic E-state index is 11.4. The van der Waals surface area contributed by atoms with Crippen molar-refractivity contribution in [2.24, 2.45) is 4.99 Å². The van der Waals surface area contributed by atoms with Crippen LogP contribution >= 0.6 is 0 Å². The van der Waals surface area contributed by atoms with Crippen LogP contribution in [0, 0.1) is 0 Å². The number of carbonyl (C=O) groups is 1. The maximum absolute atomic E-state index is 11.4. The number of nitrogens with zero attached hydrogens (tertiary/aromatic N) is 2. The second kappa shape index (κ2) is 5.62. The molecule has 0 aliphatic heterocycles. The zero-order valence-corrected chi connectivity index (χ0v) is 9.85. The number of benzene rings is 2. The third-order valence-electron chi connectivity index (χ3n) is 2.49. The molecule has 0 saturated heterocycles. The summed E-state index contributed by atoms with van der Waals surface area (Å²) in [5, 5.41) is 9.36. The van der Waals surface area contributed by atoms with E-state index in [1.807, 2.05) is 0 Å². The summed E-state index contributed by atoms with van der Waals surface area (Å²) >= 11 is 0. The zero-order valence-electron chi connectivity index (χ0n) is 9.85. The second-order valence-electron chi connectivity index (χ2n) is 3.65. The minimum absolute atomic E-state index is 0.253. The highest BCUT2D eigenvalue weighted by Gasteiger charge is 2.19. The molecule has 19 heavy (non-hydrogen) atoms. The number of hydrogen-bond acceptors (Lipinski definition) is 3. The van der Waals surface area contributed by atoms with Crippen LogP contribution in [0.4, 0.5) is 21.9 Å². The van der Waals surface area contributed by atoms with E-state index >= 15 is 0 Å². The molecule has 0 atom stereocenters. The van der Waals surface area contributed by atoms with Gasteiger partial charge in [-0.05, 0) is 24.3 Å². The lowest BCUT2D eigenvalue weighted by Crippen LogP contribution is -2.23. The molecule has 2 aromatic carbocycles. The van der Waals surface area contributed by atoms with Gasteiger partial charge in [-0.2, -0.15) is 4.99 Å². The average molecular weight is 254 g/mol. The van der Waals surface area contributed by atoms with E-state index in [2.05, 4.69) is 4.99 Å². The molecule has 0 saturated carbocycles. The fourth-order valence-corrected chi connectivity index (χ4v) is 1.73. The van der Waals surface area contributed by atoms with Crippen molar-refractivity contribution in [1.29, 1.82) is 0 Å². The molecule has 0 aliphatic rings. The van der Waals surface area contributed by atoms with Crippen LogP contribution in [0.3, 0.4) is 0 Å². The Morgan fingerprint density at radius 2 is 1.68 bits per heavy atom. The van der Waals surface area contributed by atoms with Gasteiger partial charge in [-0.3, -0.25) is 0 Å². The molecule has 0 aromatic heterocycles. The molecule has 0 unspecified atom stereocenters. The van der Waals surface area contributed by atoms with Crippen LogP contribution in [0.1, 0.15) is 0 Å². The minimum atomic E-state index is -1.15. The van der Waals surface area contributed by atoms with Gasteiger partial charge in [0.15, 0.2) is 0 Å². The van der Waals surface area contributed by atoms with Crippen molar-refractivity contribution in [1.82, 2.24) is 0 Å². The van der Waals surface area contributed by atoms with E-state index in [-0.39, 0.29) is 5.69 Å². The molecule has 1 N–H and O–H groups in total. The number of anilines is 2. The van der Waals surface area contributed by atoms with Gasteiger partial charge in [-0.1, -0.05) is 30.3 Å². The summed E-state index contributed by atoms with van der Waals surface area (Å²) in [4.78, 5) is 26.4. The van der Waals surface area contributed by atoms with Crippen LogP contribution in [0.2, 0.25) is 0 Å². The van der Waals surface area contributed by atoms with Gasteiger partial charge in [0, 0.05) is 0 Å². The van der Waals surface area contributed by atoms with Crippen molar-refractivity contribution in [3.63, 3.8) is 0 Å². The zero-order chi connectivity index (χ0) is 13.7. The van der Waals surface area contributed by atoms with E-state index in [1.54, 1.807) is 54.6 Å². The molecule has 0 heterocycles. The summed E-state index contributed by atoms with van der Waals surface area (Å²) in [6, 6.07) is 15.1. The minimum Gasteiger partial charge on any atom is -0.464 e. The SMILES string of the molecule is O=C=Nc1ccccc1N(C(=O)O)c1ccccc1. The van der Waals surface area contributed by atoms with E-state index in [1.165, 1.54) is 6.08 Å². The molecule has 2 rings (SSSR count). The fourth-order valence-electron chi connectivity index (χ4n) is 1.73. The molecular formula is C14H10N2O3. The Morgan fingerprint density at radius 1 is 1.05 bits per heavy atom. The molecule has 0 aliphatic carbocycles. The summed E-state index contributed by atoms with van der Waals surface area (Å²) in [6.07, 6.45) is 0.272. The highest BCUT2D eigenvalue weighted by molar-refractivity contribution is 5.98. The first kappa shape index (κ1) is 12.5. The van der Waals surface area contributed by atoms with E-state index in [0.717, 1.165) is 4.90 Å². The van der Waals surface area contributed by atoms with Gasteiger partial charge in [0.05, 0.1) is 11.4 Å². The van der Waals surface area contributed by atoms with Crippen molar-refractivity contribution in [3.8, 4) is 0 Å². The van der Waals surface area contributed by atoms with Crippen LogP contribution in [0.5, 0.6) is 0 Å². The Labute approximate surface area is 109 Å². The molecule has 0 fully saturated rings. The molecule has 5 nitrogen and oxygen atoms in total. The fraction of sp³-hybridized carbons (Fsp3) is 0. The largest absolute Gasteiger partial charge is 0.464 e. The van der Waals surface area contributed by atoms with E-state index < -0.39 is 6.09 Å². The predicted octanol–water partition coefficient (Wildman–Crippen LogP) is 3.47. The van der Waals surface area contributed by atoms with Gasteiger partial charge in [-0.25, -0.2) is 14.5 Å². The molecule has 5 heteroatoms. The molecule has 0 spiro atoms. The molecule has 0 bridgehead atoms. The van der Waals surface area contributed by atoms with Crippen LogP contribution < -0.4 is 4.90 Å². The third kappa shape index (κ3) is 2.68. The van der Waals surface area contributed by atoms with Crippen molar-refractivity contribution in [2.45, 2.75) is 0 Å². The van der Waals surface area contributed by atoms with Crippen molar-refractivity contribution >= 4 is 29.2 Å². The van der Waals surface area contributed by atoms with Crippen molar-refractivity contribution < 1.29 is 14.7 Å². The molecule has 0 radical (unpaired) electrons. The number of carboxylic acid groups (broad SMARTS) is 1. The van der Waals surface area contributed by atoms with Crippen molar-refractivity contribution in [2.75, 3.05) is 4.90 Å². The lowest BCUT2D eigenvalue weighted by atomic mass is 10.2. The standard InChI is InChI=1S/C14H10N2O3/c17-10-15-12-8-4-5-9-13(12)16(14(18)19)11-6-2-1-3-7-11/h1-9H,(H,18,19). The molecule has 2 aromatic rings. The first-order valence-electron chi connectivity index (χ1n) is 5.49.